The van der Waals surface area contributed by atoms with Gasteiger partial charge in [0, 0.05) is 12.6 Å². The molecule has 0 aliphatic heterocycles. The molecule has 0 bridgehead atoms. The molecule has 0 saturated heterocycles. The van der Waals surface area contributed by atoms with Crippen molar-refractivity contribution in [2.45, 2.75) is 26.8 Å². The molecule has 1 aromatic carbocycles. The van der Waals surface area contributed by atoms with E-state index in [0.717, 1.165) is 12.1 Å². The second kappa shape index (κ2) is 6.82. The molecule has 0 saturated carbocycles. The number of amides is 2. The summed E-state index contributed by atoms with van der Waals surface area (Å²) in [7, 11) is 1.39. The smallest absolute Gasteiger partial charge is 0.256 e. The second-order valence-corrected chi connectivity index (χ2v) is 5.41. The molecular formula is C17H18F2N2O3. The maximum Gasteiger partial charge on any atom is 0.256 e. The molecule has 1 atom stereocenters. The van der Waals surface area contributed by atoms with E-state index in [2.05, 4.69) is 10.6 Å². The third-order valence-corrected chi connectivity index (χ3v) is 3.85. The highest BCUT2D eigenvalue weighted by Crippen LogP contribution is 2.23. The fourth-order valence-corrected chi connectivity index (χ4v) is 2.47. The first kappa shape index (κ1) is 17.7. The van der Waals surface area contributed by atoms with Gasteiger partial charge in [-0.3, -0.25) is 9.59 Å². The summed E-state index contributed by atoms with van der Waals surface area (Å²) in [4.78, 5) is 24.6. The molecule has 2 rings (SSSR count). The number of halogens is 2. The van der Waals surface area contributed by atoms with E-state index in [0.29, 0.717) is 22.6 Å². The summed E-state index contributed by atoms with van der Waals surface area (Å²) in [6.07, 6.45) is 0. The van der Waals surface area contributed by atoms with Gasteiger partial charge in [0.15, 0.2) is 11.6 Å². The maximum absolute atomic E-state index is 13.5. The number of hydrogen-bond donors (Lipinski definition) is 2. The van der Waals surface area contributed by atoms with E-state index in [9.17, 15) is 18.4 Å². The van der Waals surface area contributed by atoms with Crippen LogP contribution in [0.2, 0.25) is 0 Å². The van der Waals surface area contributed by atoms with E-state index in [4.69, 9.17) is 4.42 Å². The molecule has 2 aromatic rings. The van der Waals surface area contributed by atoms with Crippen molar-refractivity contribution in [3.05, 3.63) is 58.0 Å². The van der Waals surface area contributed by atoms with Crippen LogP contribution in [-0.2, 0) is 4.79 Å². The largest absolute Gasteiger partial charge is 0.466 e. The SMILES string of the molecule is CNC(=O)C(NC(=O)c1c(C)oc(C)c1C)c1ccc(F)c(F)c1. The molecule has 1 aromatic heterocycles. The Morgan fingerprint density at radius 1 is 1.08 bits per heavy atom. The molecule has 7 heteroatoms. The minimum absolute atomic E-state index is 0.136. The second-order valence-electron chi connectivity index (χ2n) is 5.41. The normalized spacial score (nSPS) is 11.9. The van der Waals surface area contributed by atoms with Crippen molar-refractivity contribution in [2.24, 2.45) is 0 Å². The van der Waals surface area contributed by atoms with Crippen LogP contribution in [0.1, 0.15) is 39.0 Å². The quantitative estimate of drug-likeness (QED) is 0.902. The van der Waals surface area contributed by atoms with Crippen LogP contribution in [0, 0.1) is 32.4 Å². The first-order chi connectivity index (χ1) is 11.3. The first-order valence-electron chi connectivity index (χ1n) is 7.30. The number of benzene rings is 1. The van der Waals surface area contributed by atoms with Crippen molar-refractivity contribution in [3.8, 4) is 0 Å². The van der Waals surface area contributed by atoms with Crippen LogP contribution in [0.25, 0.3) is 0 Å². The van der Waals surface area contributed by atoms with Gasteiger partial charge in [0.05, 0.1) is 5.56 Å². The summed E-state index contributed by atoms with van der Waals surface area (Å²) in [6.45, 7) is 5.10. The highest BCUT2D eigenvalue weighted by molar-refractivity contribution is 5.99. The van der Waals surface area contributed by atoms with E-state index in [1.54, 1.807) is 20.8 Å². The molecule has 0 aliphatic rings. The third-order valence-electron chi connectivity index (χ3n) is 3.85. The molecule has 128 valence electrons. The first-order valence-corrected chi connectivity index (χ1v) is 7.30. The van der Waals surface area contributed by atoms with Crippen LogP contribution in [-0.4, -0.2) is 18.9 Å². The average Bonchev–Trinajstić information content (AvgIpc) is 2.79. The van der Waals surface area contributed by atoms with Crippen molar-refractivity contribution < 1.29 is 22.8 Å². The van der Waals surface area contributed by atoms with Gasteiger partial charge in [0.2, 0.25) is 5.91 Å². The van der Waals surface area contributed by atoms with Crippen LogP contribution in [0.15, 0.2) is 22.6 Å². The minimum atomic E-state index is -1.16. The number of aryl methyl sites for hydroxylation is 2. The number of carbonyl (C=O) groups is 2. The van der Waals surface area contributed by atoms with Crippen LogP contribution >= 0.6 is 0 Å². The molecule has 1 heterocycles. The molecule has 0 aliphatic carbocycles. The zero-order valence-corrected chi connectivity index (χ0v) is 13.8. The van der Waals surface area contributed by atoms with Crippen molar-refractivity contribution in [2.75, 3.05) is 7.05 Å². The minimum Gasteiger partial charge on any atom is -0.466 e. The van der Waals surface area contributed by atoms with Gasteiger partial charge in [-0.05, 0) is 38.5 Å². The summed E-state index contributed by atoms with van der Waals surface area (Å²) in [5.41, 5.74) is 1.12. The Hall–Kier alpha value is -2.70. The Bertz CT molecular complexity index is 799. The van der Waals surface area contributed by atoms with E-state index < -0.39 is 29.5 Å². The molecule has 0 fully saturated rings. The zero-order valence-electron chi connectivity index (χ0n) is 13.8. The lowest BCUT2D eigenvalue weighted by Crippen LogP contribution is -2.39. The van der Waals surface area contributed by atoms with E-state index in [1.165, 1.54) is 13.1 Å². The van der Waals surface area contributed by atoms with Gasteiger partial charge in [-0.25, -0.2) is 8.78 Å². The summed E-state index contributed by atoms with van der Waals surface area (Å²) in [5, 5.41) is 4.94. The molecule has 0 radical (unpaired) electrons. The summed E-state index contributed by atoms with van der Waals surface area (Å²) in [6, 6.07) is 1.88. The monoisotopic (exact) mass is 336 g/mol. The molecule has 1 unspecified atom stereocenters. The number of furan rings is 1. The van der Waals surface area contributed by atoms with Crippen LogP contribution < -0.4 is 10.6 Å². The van der Waals surface area contributed by atoms with Gasteiger partial charge in [-0.2, -0.15) is 0 Å². The fourth-order valence-electron chi connectivity index (χ4n) is 2.47. The Morgan fingerprint density at radius 3 is 2.25 bits per heavy atom. The standard InChI is InChI=1S/C17H18F2N2O3/c1-8-9(2)24-10(3)14(8)16(22)21-15(17(23)20-4)11-5-6-12(18)13(19)7-11/h5-7,15H,1-4H3,(H,20,23)(H,21,22). The topological polar surface area (TPSA) is 71.3 Å². The predicted octanol–water partition coefficient (Wildman–Crippen LogP) is 2.70. The summed E-state index contributed by atoms with van der Waals surface area (Å²) < 4.78 is 32.0. The number of hydrogen-bond acceptors (Lipinski definition) is 3. The molecule has 2 N–H and O–H groups in total. The van der Waals surface area contributed by atoms with Gasteiger partial charge in [0.1, 0.15) is 17.6 Å². The number of rotatable bonds is 4. The Labute approximate surface area is 138 Å². The van der Waals surface area contributed by atoms with Gasteiger partial charge in [-0.15, -0.1) is 0 Å². The molecule has 0 spiro atoms. The van der Waals surface area contributed by atoms with Crippen molar-refractivity contribution in [3.63, 3.8) is 0 Å². The van der Waals surface area contributed by atoms with E-state index in [-0.39, 0.29) is 5.56 Å². The number of likely N-dealkylation sites (N-methyl/N-ethyl adjacent to an activating group) is 1. The van der Waals surface area contributed by atoms with Gasteiger partial charge in [0.25, 0.3) is 5.91 Å². The maximum atomic E-state index is 13.5. The number of nitrogens with one attached hydrogen (secondary N) is 2. The Kier molecular flexibility index (Phi) is 5.02. The number of carbonyl (C=O) groups excluding carboxylic acids is 2. The molecule has 5 nitrogen and oxygen atoms in total. The fraction of sp³-hybridized carbons (Fsp3) is 0.294. The highest BCUT2D eigenvalue weighted by atomic mass is 19.2. The molecule has 24 heavy (non-hydrogen) atoms. The Morgan fingerprint density at radius 2 is 1.75 bits per heavy atom. The van der Waals surface area contributed by atoms with E-state index >= 15 is 0 Å². The Balaban J connectivity index is 2.37. The van der Waals surface area contributed by atoms with Crippen LogP contribution in [0.5, 0.6) is 0 Å². The summed E-state index contributed by atoms with van der Waals surface area (Å²) in [5.74, 6) is -2.18. The molecular weight excluding hydrogens is 318 g/mol. The van der Waals surface area contributed by atoms with Crippen molar-refractivity contribution >= 4 is 11.8 Å². The van der Waals surface area contributed by atoms with Crippen molar-refractivity contribution in [1.29, 1.82) is 0 Å². The van der Waals surface area contributed by atoms with Crippen molar-refractivity contribution in [1.82, 2.24) is 10.6 Å². The average molecular weight is 336 g/mol. The summed E-state index contributed by atoms with van der Waals surface area (Å²) >= 11 is 0. The lowest BCUT2D eigenvalue weighted by molar-refractivity contribution is -0.122. The van der Waals surface area contributed by atoms with Gasteiger partial charge in [-0.1, -0.05) is 6.07 Å². The lowest BCUT2D eigenvalue weighted by atomic mass is 10.0. The van der Waals surface area contributed by atoms with Crippen LogP contribution in [0.4, 0.5) is 8.78 Å². The zero-order chi connectivity index (χ0) is 18.0. The third kappa shape index (κ3) is 3.29. The van der Waals surface area contributed by atoms with Gasteiger partial charge >= 0.3 is 0 Å². The van der Waals surface area contributed by atoms with E-state index in [1.807, 2.05) is 0 Å². The van der Waals surface area contributed by atoms with Crippen LogP contribution in [0.3, 0.4) is 0 Å². The van der Waals surface area contributed by atoms with Gasteiger partial charge < -0.3 is 15.1 Å². The lowest BCUT2D eigenvalue weighted by Gasteiger charge is -2.18. The molecule has 2 amide bonds. The predicted molar refractivity (Wildman–Crippen MR) is 83.6 cm³/mol. The highest BCUT2D eigenvalue weighted by Gasteiger charge is 2.26.